The maximum Gasteiger partial charge on any atom is 0.264 e. The van der Waals surface area contributed by atoms with E-state index in [0.29, 0.717) is 18.0 Å². The Bertz CT molecular complexity index is 1440. The van der Waals surface area contributed by atoms with Crippen molar-refractivity contribution in [1.82, 2.24) is 10.2 Å². The van der Waals surface area contributed by atoms with Gasteiger partial charge in [0.2, 0.25) is 11.8 Å². The summed E-state index contributed by atoms with van der Waals surface area (Å²) in [5.74, 6) is 0.0887. The quantitative estimate of drug-likeness (QED) is 0.320. The van der Waals surface area contributed by atoms with Crippen molar-refractivity contribution >= 4 is 27.5 Å². The Labute approximate surface area is 243 Å². The molecule has 0 saturated carbocycles. The molecular weight excluding hydrogens is 542 g/mol. The lowest BCUT2D eigenvalue weighted by atomic mass is 10.1. The summed E-state index contributed by atoms with van der Waals surface area (Å²) in [5.41, 5.74) is 2.68. The number of amides is 2. The molecule has 0 heterocycles. The summed E-state index contributed by atoms with van der Waals surface area (Å²) in [5, 5.41) is 2.84. The van der Waals surface area contributed by atoms with Crippen LogP contribution >= 0.6 is 0 Å². The molecule has 220 valence electrons. The SMILES string of the molecule is CCCNC(=O)C(C)N(Cc1ccc(OC)cc1)C(=O)CN(c1cc(C)ccc1OC)S(=O)(=O)c1ccc(C)cc1. The third-order valence-corrected chi connectivity index (χ3v) is 8.49. The van der Waals surface area contributed by atoms with Gasteiger partial charge in [0, 0.05) is 13.1 Å². The fourth-order valence-electron chi connectivity index (χ4n) is 4.25. The highest BCUT2D eigenvalue weighted by Gasteiger charge is 2.33. The summed E-state index contributed by atoms with van der Waals surface area (Å²) >= 11 is 0. The van der Waals surface area contributed by atoms with Crippen molar-refractivity contribution in [3.05, 3.63) is 83.4 Å². The van der Waals surface area contributed by atoms with Crippen LogP contribution in [0.25, 0.3) is 0 Å². The number of aryl methyl sites for hydroxylation is 2. The number of methoxy groups -OCH3 is 2. The molecule has 3 aromatic carbocycles. The van der Waals surface area contributed by atoms with Gasteiger partial charge in [0.25, 0.3) is 10.0 Å². The van der Waals surface area contributed by atoms with E-state index < -0.39 is 28.5 Å². The van der Waals surface area contributed by atoms with Crippen molar-refractivity contribution < 1.29 is 27.5 Å². The highest BCUT2D eigenvalue weighted by Crippen LogP contribution is 2.34. The van der Waals surface area contributed by atoms with Crippen molar-refractivity contribution in [3.63, 3.8) is 0 Å². The number of carbonyl (C=O) groups is 2. The molecule has 0 bridgehead atoms. The number of sulfonamides is 1. The monoisotopic (exact) mass is 581 g/mol. The number of nitrogens with zero attached hydrogens (tertiary/aromatic N) is 2. The van der Waals surface area contributed by atoms with Crippen LogP contribution in [0.1, 0.15) is 37.0 Å². The van der Waals surface area contributed by atoms with Crippen LogP contribution in [-0.2, 0) is 26.2 Å². The van der Waals surface area contributed by atoms with E-state index >= 15 is 0 Å². The van der Waals surface area contributed by atoms with E-state index in [-0.39, 0.29) is 23.0 Å². The van der Waals surface area contributed by atoms with Gasteiger partial charge in [0.15, 0.2) is 0 Å². The van der Waals surface area contributed by atoms with Crippen LogP contribution in [0, 0.1) is 13.8 Å². The van der Waals surface area contributed by atoms with Gasteiger partial charge in [0.05, 0.1) is 24.8 Å². The number of anilines is 1. The van der Waals surface area contributed by atoms with Crippen LogP contribution < -0.4 is 19.1 Å². The second-order valence-electron chi connectivity index (χ2n) is 9.84. The summed E-state index contributed by atoms with van der Waals surface area (Å²) in [6.45, 7) is 7.28. The van der Waals surface area contributed by atoms with E-state index in [1.165, 1.54) is 24.1 Å². The third-order valence-electron chi connectivity index (χ3n) is 6.72. The smallest absolute Gasteiger partial charge is 0.264 e. The van der Waals surface area contributed by atoms with Crippen LogP contribution in [0.4, 0.5) is 5.69 Å². The van der Waals surface area contributed by atoms with Gasteiger partial charge in [-0.05, 0) is 74.7 Å². The van der Waals surface area contributed by atoms with E-state index in [4.69, 9.17) is 9.47 Å². The second-order valence-corrected chi connectivity index (χ2v) is 11.7. The fraction of sp³-hybridized carbons (Fsp3) is 0.355. The predicted octanol–water partition coefficient (Wildman–Crippen LogP) is 4.46. The highest BCUT2D eigenvalue weighted by molar-refractivity contribution is 7.92. The Morgan fingerprint density at radius 1 is 0.902 bits per heavy atom. The summed E-state index contributed by atoms with van der Waals surface area (Å²) in [6.07, 6.45) is 0.737. The minimum Gasteiger partial charge on any atom is -0.497 e. The summed E-state index contributed by atoms with van der Waals surface area (Å²) < 4.78 is 39.9. The van der Waals surface area contributed by atoms with Gasteiger partial charge in [-0.1, -0.05) is 42.8 Å². The molecule has 0 fully saturated rings. The molecule has 0 aliphatic carbocycles. The van der Waals surface area contributed by atoms with E-state index in [9.17, 15) is 18.0 Å². The van der Waals surface area contributed by atoms with Gasteiger partial charge in [-0.15, -0.1) is 0 Å². The molecular formula is C31H39N3O6S. The van der Waals surface area contributed by atoms with Crippen molar-refractivity contribution in [2.24, 2.45) is 0 Å². The molecule has 41 heavy (non-hydrogen) atoms. The molecule has 0 radical (unpaired) electrons. The minimum absolute atomic E-state index is 0.0369. The van der Waals surface area contributed by atoms with Crippen LogP contribution in [0.3, 0.4) is 0 Å². The molecule has 0 spiro atoms. The molecule has 2 amide bonds. The van der Waals surface area contributed by atoms with Gasteiger partial charge in [-0.25, -0.2) is 8.42 Å². The van der Waals surface area contributed by atoms with Crippen molar-refractivity contribution in [2.75, 3.05) is 31.6 Å². The lowest BCUT2D eigenvalue weighted by Gasteiger charge is -2.32. The molecule has 1 atom stereocenters. The maximum atomic E-state index is 14.1. The average Bonchev–Trinajstić information content (AvgIpc) is 2.97. The molecule has 1 unspecified atom stereocenters. The Balaban J connectivity index is 2.08. The van der Waals surface area contributed by atoms with E-state index in [2.05, 4.69) is 5.32 Å². The number of hydrogen-bond donors (Lipinski definition) is 1. The average molecular weight is 582 g/mol. The minimum atomic E-state index is -4.20. The van der Waals surface area contributed by atoms with Gasteiger partial charge < -0.3 is 19.7 Å². The number of hydrogen-bond acceptors (Lipinski definition) is 6. The Morgan fingerprint density at radius 3 is 2.12 bits per heavy atom. The zero-order valence-electron chi connectivity index (χ0n) is 24.5. The number of benzene rings is 3. The number of ether oxygens (including phenoxy) is 2. The third kappa shape index (κ3) is 7.79. The lowest BCUT2D eigenvalue weighted by Crippen LogP contribution is -2.51. The Hall–Kier alpha value is -4.05. The molecule has 1 N–H and O–H groups in total. The molecule has 0 aliphatic rings. The molecule has 0 saturated heterocycles. The molecule has 0 aromatic heterocycles. The first-order valence-electron chi connectivity index (χ1n) is 13.5. The number of nitrogens with one attached hydrogen (secondary N) is 1. The first kappa shape index (κ1) is 31.5. The fourth-order valence-corrected chi connectivity index (χ4v) is 5.67. The Morgan fingerprint density at radius 2 is 1.54 bits per heavy atom. The topological polar surface area (TPSA) is 105 Å². The van der Waals surface area contributed by atoms with E-state index in [0.717, 1.165) is 27.4 Å². The maximum absolute atomic E-state index is 14.1. The first-order valence-corrected chi connectivity index (χ1v) is 14.9. The van der Waals surface area contributed by atoms with E-state index in [1.807, 2.05) is 20.8 Å². The van der Waals surface area contributed by atoms with Crippen LogP contribution in [0.5, 0.6) is 11.5 Å². The van der Waals surface area contributed by atoms with Crippen molar-refractivity contribution in [3.8, 4) is 11.5 Å². The highest BCUT2D eigenvalue weighted by atomic mass is 32.2. The van der Waals surface area contributed by atoms with E-state index in [1.54, 1.807) is 68.6 Å². The molecule has 0 aliphatic heterocycles. The molecule has 10 heteroatoms. The zero-order chi connectivity index (χ0) is 30.2. The summed E-state index contributed by atoms with van der Waals surface area (Å²) in [4.78, 5) is 28.5. The van der Waals surface area contributed by atoms with Crippen LogP contribution in [0.2, 0.25) is 0 Å². The van der Waals surface area contributed by atoms with Crippen molar-refractivity contribution in [2.45, 2.75) is 51.6 Å². The first-order chi connectivity index (χ1) is 19.5. The zero-order valence-corrected chi connectivity index (χ0v) is 25.3. The normalized spacial score (nSPS) is 11.9. The van der Waals surface area contributed by atoms with Gasteiger partial charge in [-0.3, -0.25) is 13.9 Å². The standard InChI is InChI=1S/C31H39N3O6S/c1-7-18-32-31(36)24(4)33(20-25-11-13-26(39-5)14-12-25)30(35)21-34(28-19-23(3)10-17-29(28)40-6)41(37,38)27-15-8-22(2)9-16-27/h8-17,19,24H,7,18,20-21H2,1-6H3,(H,32,36). The van der Waals surface area contributed by atoms with Gasteiger partial charge in [0.1, 0.15) is 24.1 Å². The number of rotatable bonds is 13. The van der Waals surface area contributed by atoms with Gasteiger partial charge >= 0.3 is 0 Å². The largest absolute Gasteiger partial charge is 0.497 e. The predicted molar refractivity (Wildman–Crippen MR) is 160 cm³/mol. The summed E-state index contributed by atoms with van der Waals surface area (Å²) in [7, 11) is -1.19. The van der Waals surface area contributed by atoms with Gasteiger partial charge in [-0.2, -0.15) is 0 Å². The van der Waals surface area contributed by atoms with Crippen LogP contribution in [-0.4, -0.2) is 58.5 Å². The second kappa shape index (κ2) is 14.0. The van der Waals surface area contributed by atoms with Crippen molar-refractivity contribution in [1.29, 1.82) is 0 Å². The Kier molecular flexibility index (Phi) is 10.8. The lowest BCUT2D eigenvalue weighted by molar-refractivity contribution is -0.139. The molecule has 3 rings (SSSR count). The molecule has 3 aromatic rings. The number of carbonyl (C=O) groups excluding carboxylic acids is 2. The summed E-state index contributed by atoms with van der Waals surface area (Å²) in [6, 6.07) is 17.9. The van der Waals surface area contributed by atoms with Crippen LogP contribution in [0.15, 0.2) is 71.6 Å². The molecule has 9 nitrogen and oxygen atoms in total.